The molecule has 0 fully saturated rings. The molecule has 0 bridgehead atoms. The molecule has 5 nitrogen and oxygen atoms in total. The second kappa shape index (κ2) is 8.56. The van der Waals surface area contributed by atoms with Crippen molar-refractivity contribution >= 4 is 22.5 Å². The molecule has 0 amide bonds. The number of imidazole rings is 1. The second-order valence-corrected chi connectivity index (χ2v) is 8.10. The number of nitrogens with one attached hydrogen (secondary N) is 2. The first-order valence-electron chi connectivity index (χ1n) is 10.5. The molecule has 4 aromatic rings. The van der Waals surface area contributed by atoms with Crippen molar-refractivity contribution in [3.63, 3.8) is 0 Å². The summed E-state index contributed by atoms with van der Waals surface area (Å²) in [6.45, 7) is 4.02. The number of hydrogen-bond acceptors (Lipinski definition) is 3. The Bertz CT molecular complexity index is 1220. The van der Waals surface area contributed by atoms with E-state index in [0.717, 1.165) is 59.6 Å². The van der Waals surface area contributed by atoms with E-state index in [0.29, 0.717) is 5.56 Å². The van der Waals surface area contributed by atoms with E-state index in [1.807, 2.05) is 31.2 Å². The summed E-state index contributed by atoms with van der Waals surface area (Å²) in [6, 6.07) is 21.0. The van der Waals surface area contributed by atoms with Gasteiger partial charge in [-0.3, -0.25) is 4.40 Å². The van der Waals surface area contributed by atoms with Crippen LogP contribution < -0.4 is 10.2 Å². The van der Waals surface area contributed by atoms with Gasteiger partial charge in [0.25, 0.3) is 0 Å². The summed E-state index contributed by atoms with van der Waals surface area (Å²) in [5.74, 6) is 1.05. The number of quaternary nitrogens is 1. The molecular formula is C25H28N5+. The molecule has 0 unspecified atom stereocenters. The van der Waals surface area contributed by atoms with E-state index >= 15 is 0 Å². The Morgan fingerprint density at radius 2 is 1.80 bits per heavy atom. The maximum absolute atomic E-state index is 9.97. The van der Waals surface area contributed by atoms with Crippen molar-refractivity contribution < 1.29 is 4.90 Å². The molecule has 0 aliphatic carbocycles. The molecule has 0 aliphatic heterocycles. The van der Waals surface area contributed by atoms with Crippen molar-refractivity contribution in [2.75, 3.05) is 32.5 Å². The summed E-state index contributed by atoms with van der Waals surface area (Å²) >= 11 is 0. The fraction of sp³-hybridized carbons (Fsp3) is 0.280. The Labute approximate surface area is 177 Å². The Balaban J connectivity index is 1.92. The Morgan fingerprint density at radius 1 is 1.07 bits per heavy atom. The van der Waals surface area contributed by atoms with Gasteiger partial charge in [0.05, 0.1) is 37.2 Å². The van der Waals surface area contributed by atoms with E-state index in [9.17, 15) is 5.26 Å². The van der Waals surface area contributed by atoms with Crippen LogP contribution in [-0.2, 0) is 6.42 Å². The summed E-state index contributed by atoms with van der Waals surface area (Å²) in [5, 5.41) is 13.7. The van der Waals surface area contributed by atoms with Crippen LogP contribution in [0.3, 0.4) is 0 Å². The van der Waals surface area contributed by atoms with Gasteiger partial charge in [0, 0.05) is 24.9 Å². The van der Waals surface area contributed by atoms with Crippen LogP contribution in [0.1, 0.15) is 28.7 Å². The van der Waals surface area contributed by atoms with Crippen LogP contribution in [0, 0.1) is 18.3 Å². The van der Waals surface area contributed by atoms with Gasteiger partial charge in [-0.2, -0.15) is 5.26 Å². The van der Waals surface area contributed by atoms with Gasteiger partial charge in [-0.1, -0.05) is 42.5 Å². The molecule has 0 saturated carbocycles. The summed E-state index contributed by atoms with van der Waals surface area (Å²) in [5.41, 5.74) is 6.71. The molecule has 0 aliphatic rings. The Hall–Kier alpha value is -3.36. The van der Waals surface area contributed by atoms with Gasteiger partial charge in [-0.25, -0.2) is 4.98 Å². The third-order valence-corrected chi connectivity index (χ3v) is 5.60. The van der Waals surface area contributed by atoms with Gasteiger partial charge in [0.1, 0.15) is 11.9 Å². The standard InChI is InChI=1S/C25H27N5/c1-18-20(16-19-10-5-4-6-11-19)24(27-14-9-15-29(2)3)30-23-13-8-7-12-22(23)28-25(30)21(18)17-26/h4-8,10-13,27H,9,14-16H2,1-3H3/p+1. The molecule has 2 heterocycles. The fourth-order valence-electron chi connectivity index (χ4n) is 4.04. The first-order valence-corrected chi connectivity index (χ1v) is 10.5. The predicted octanol–water partition coefficient (Wildman–Crippen LogP) is 3.20. The molecule has 30 heavy (non-hydrogen) atoms. The van der Waals surface area contributed by atoms with Crippen molar-refractivity contribution in [1.82, 2.24) is 9.38 Å². The summed E-state index contributed by atoms with van der Waals surface area (Å²) in [7, 11) is 4.35. The number of rotatable bonds is 7. The van der Waals surface area contributed by atoms with Crippen LogP contribution in [0.25, 0.3) is 16.7 Å². The number of anilines is 1. The SMILES string of the molecule is Cc1c(Cc2ccccc2)c(NCCC[NH+](C)C)n2c(nc3ccccc32)c1C#N. The van der Waals surface area contributed by atoms with E-state index in [2.05, 4.69) is 60.2 Å². The minimum atomic E-state index is 0.653. The highest BCUT2D eigenvalue weighted by Gasteiger charge is 2.20. The van der Waals surface area contributed by atoms with Crippen LogP contribution in [0.15, 0.2) is 54.6 Å². The molecule has 0 atom stereocenters. The highest BCUT2D eigenvalue weighted by atomic mass is 15.1. The smallest absolute Gasteiger partial charge is 0.157 e. The van der Waals surface area contributed by atoms with Crippen molar-refractivity contribution in [1.29, 1.82) is 5.26 Å². The van der Waals surface area contributed by atoms with Crippen LogP contribution in [-0.4, -0.2) is 36.6 Å². The zero-order valence-corrected chi connectivity index (χ0v) is 17.9. The van der Waals surface area contributed by atoms with Crippen LogP contribution >= 0.6 is 0 Å². The lowest BCUT2D eigenvalue weighted by Crippen LogP contribution is -3.05. The van der Waals surface area contributed by atoms with Crippen molar-refractivity contribution in [3.8, 4) is 6.07 Å². The van der Waals surface area contributed by atoms with E-state index in [1.54, 1.807) is 0 Å². The first kappa shape index (κ1) is 19.9. The molecule has 2 aromatic heterocycles. The number of hydrogen-bond donors (Lipinski definition) is 2. The molecule has 0 radical (unpaired) electrons. The lowest BCUT2D eigenvalue weighted by atomic mass is 9.97. The maximum atomic E-state index is 9.97. The lowest BCUT2D eigenvalue weighted by Gasteiger charge is -2.19. The monoisotopic (exact) mass is 398 g/mol. The van der Waals surface area contributed by atoms with Gasteiger partial charge in [0.2, 0.25) is 0 Å². The third kappa shape index (κ3) is 3.74. The van der Waals surface area contributed by atoms with E-state index < -0.39 is 0 Å². The zero-order chi connectivity index (χ0) is 21.1. The number of nitriles is 1. The van der Waals surface area contributed by atoms with Crippen molar-refractivity contribution in [2.45, 2.75) is 19.8 Å². The average molecular weight is 399 g/mol. The molecule has 5 heteroatoms. The molecule has 0 spiro atoms. The Kier molecular flexibility index (Phi) is 5.69. The van der Waals surface area contributed by atoms with Gasteiger partial charge in [-0.15, -0.1) is 0 Å². The molecular weight excluding hydrogens is 370 g/mol. The number of pyridine rings is 1. The topological polar surface area (TPSA) is 57.6 Å². The molecule has 152 valence electrons. The maximum Gasteiger partial charge on any atom is 0.157 e. The number of aromatic nitrogens is 2. The van der Waals surface area contributed by atoms with Crippen molar-refractivity contribution in [2.24, 2.45) is 0 Å². The van der Waals surface area contributed by atoms with Crippen LogP contribution in [0.2, 0.25) is 0 Å². The summed E-state index contributed by atoms with van der Waals surface area (Å²) in [6.07, 6.45) is 1.84. The lowest BCUT2D eigenvalue weighted by molar-refractivity contribution is -0.858. The van der Waals surface area contributed by atoms with E-state index in [4.69, 9.17) is 4.98 Å². The highest BCUT2D eigenvalue weighted by Crippen LogP contribution is 2.32. The van der Waals surface area contributed by atoms with Crippen molar-refractivity contribution in [3.05, 3.63) is 76.9 Å². The molecule has 4 rings (SSSR count). The minimum absolute atomic E-state index is 0.653. The number of nitrogens with zero attached hydrogens (tertiary/aromatic N) is 3. The first-order chi connectivity index (χ1) is 14.6. The van der Waals surface area contributed by atoms with Crippen LogP contribution in [0.4, 0.5) is 5.82 Å². The van der Waals surface area contributed by atoms with Gasteiger partial charge in [0.15, 0.2) is 5.65 Å². The third-order valence-electron chi connectivity index (χ3n) is 5.60. The normalized spacial score (nSPS) is 11.3. The molecule has 2 aromatic carbocycles. The van der Waals surface area contributed by atoms with Gasteiger partial charge >= 0.3 is 0 Å². The van der Waals surface area contributed by atoms with E-state index in [-0.39, 0.29) is 0 Å². The fourth-order valence-corrected chi connectivity index (χ4v) is 4.04. The summed E-state index contributed by atoms with van der Waals surface area (Å²) in [4.78, 5) is 6.25. The molecule has 2 N–H and O–H groups in total. The second-order valence-electron chi connectivity index (χ2n) is 8.10. The number of para-hydroxylation sites is 2. The Morgan fingerprint density at radius 3 is 2.53 bits per heavy atom. The summed E-state index contributed by atoms with van der Waals surface area (Å²) < 4.78 is 2.14. The quantitative estimate of drug-likeness (QED) is 0.470. The van der Waals surface area contributed by atoms with E-state index in [1.165, 1.54) is 10.5 Å². The zero-order valence-electron chi connectivity index (χ0n) is 17.9. The largest absolute Gasteiger partial charge is 0.371 e. The number of benzene rings is 2. The van der Waals surface area contributed by atoms with Gasteiger partial charge < -0.3 is 10.2 Å². The minimum Gasteiger partial charge on any atom is -0.371 e. The number of fused-ring (bicyclic) bond motifs is 3. The predicted molar refractivity (Wildman–Crippen MR) is 122 cm³/mol. The van der Waals surface area contributed by atoms with Gasteiger partial charge in [-0.05, 0) is 30.2 Å². The van der Waals surface area contributed by atoms with Crippen LogP contribution in [0.5, 0.6) is 0 Å². The average Bonchev–Trinajstić information content (AvgIpc) is 3.13. The molecule has 0 saturated heterocycles. The highest BCUT2D eigenvalue weighted by molar-refractivity contribution is 5.86.